The Labute approximate surface area is 97.0 Å². The van der Waals surface area contributed by atoms with Gasteiger partial charge in [0, 0.05) is 32.8 Å². The van der Waals surface area contributed by atoms with Crippen molar-refractivity contribution >= 4 is 33.4 Å². The molecule has 1 heterocycles. The third-order valence-corrected chi connectivity index (χ3v) is 5.00. The first-order valence-corrected chi connectivity index (χ1v) is 7.80. The maximum absolute atomic E-state index is 11.5. The molecule has 0 saturated carbocycles. The van der Waals surface area contributed by atoms with E-state index in [0.717, 1.165) is 25.3 Å². The fourth-order valence-corrected chi connectivity index (χ4v) is 3.08. The van der Waals surface area contributed by atoms with Gasteiger partial charge >= 0.3 is 0 Å². The van der Waals surface area contributed by atoms with Gasteiger partial charge in [-0.3, -0.25) is 4.21 Å². The van der Waals surface area contributed by atoms with Gasteiger partial charge in [-0.1, -0.05) is 29.5 Å². The minimum absolute atomic E-state index is 0.407. The van der Waals surface area contributed by atoms with Crippen molar-refractivity contribution in [2.75, 3.05) is 29.8 Å². The minimum Gasteiger partial charge on any atom is -0.302 e. The number of nitrogens with zero attached hydrogens (tertiary/aromatic N) is 1. The summed E-state index contributed by atoms with van der Waals surface area (Å²) >= 11 is 2.41. The number of rotatable bonds is 3. The molecule has 0 aromatic rings. The number of hydrogen-bond donors (Lipinski definition) is 0. The van der Waals surface area contributed by atoms with E-state index in [1.165, 1.54) is 17.4 Å². The van der Waals surface area contributed by atoms with Gasteiger partial charge in [-0.25, -0.2) is 0 Å². The Hall–Kier alpha value is 0.840. The van der Waals surface area contributed by atoms with Crippen molar-refractivity contribution < 1.29 is 4.21 Å². The van der Waals surface area contributed by atoms with Gasteiger partial charge in [-0.15, -0.1) is 0 Å². The zero-order valence-corrected chi connectivity index (χ0v) is 11.1. The van der Waals surface area contributed by atoms with Crippen molar-refractivity contribution in [3.63, 3.8) is 0 Å². The summed E-state index contributed by atoms with van der Waals surface area (Å²) in [6.07, 6.45) is 2.37. The molecule has 1 aliphatic heterocycles. The van der Waals surface area contributed by atoms with E-state index >= 15 is 0 Å². The molecule has 4 heteroatoms. The highest BCUT2D eigenvalue weighted by Crippen LogP contribution is 2.09. The molecule has 0 spiro atoms. The summed E-state index contributed by atoms with van der Waals surface area (Å²) in [5, 5.41) is 0.407. The normalized spacial score (nSPS) is 31.5. The molecule has 0 aromatic carbocycles. The highest BCUT2D eigenvalue weighted by molar-refractivity contribution is 14.1. The smallest absolute Gasteiger partial charge is 0.0365 e. The maximum Gasteiger partial charge on any atom is 0.0365 e. The molecule has 0 N–H and O–H groups in total. The van der Waals surface area contributed by atoms with Crippen LogP contribution in [0.3, 0.4) is 0 Å². The highest BCUT2D eigenvalue weighted by Gasteiger charge is 2.18. The van der Waals surface area contributed by atoms with Crippen molar-refractivity contribution in [1.82, 2.24) is 4.90 Å². The van der Waals surface area contributed by atoms with E-state index in [-0.39, 0.29) is 0 Å². The van der Waals surface area contributed by atoms with Crippen molar-refractivity contribution in [1.29, 1.82) is 0 Å². The summed E-state index contributed by atoms with van der Waals surface area (Å²) in [4.78, 5) is 2.46. The third kappa shape index (κ3) is 4.25. The first-order chi connectivity index (χ1) is 6.24. The molecule has 0 bridgehead atoms. The lowest BCUT2D eigenvalue weighted by Crippen LogP contribution is -2.27. The van der Waals surface area contributed by atoms with Crippen LogP contribution in [0.4, 0.5) is 0 Å². The highest BCUT2D eigenvalue weighted by atomic mass is 127. The van der Waals surface area contributed by atoms with Gasteiger partial charge in [0.25, 0.3) is 0 Å². The Morgan fingerprint density at radius 3 is 3.00 bits per heavy atom. The molecule has 78 valence electrons. The second-order valence-electron chi connectivity index (χ2n) is 3.57. The van der Waals surface area contributed by atoms with Crippen LogP contribution in [0.5, 0.6) is 0 Å². The van der Waals surface area contributed by atoms with Gasteiger partial charge in [-0.05, 0) is 25.9 Å². The average molecular weight is 315 g/mol. The molecule has 1 fully saturated rings. The number of hydrogen-bond acceptors (Lipinski definition) is 2. The van der Waals surface area contributed by atoms with E-state index in [0.29, 0.717) is 5.25 Å². The van der Waals surface area contributed by atoms with Crippen LogP contribution >= 0.6 is 22.6 Å². The molecule has 2 unspecified atom stereocenters. The van der Waals surface area contributed by atoms with E-state index in [4.69, 9.17) is 0 Å². The van der Waals surface area contributed by atoms with Gasteiger partial charge in [0.15, 0.2) is 0 Å². The molecular formula is C9H18INOS. The molecule has 0 amide bonds. The van der Waals surface area contributed by atoms with Crippen molar-refractivity contribution in [3.05, 3.63) is 0 Å². The first-order valence-electron chi connectivity index (χ1n) is 4.89. The van der Waals surface area contributed by atoms with Gasteiger partial charge < -0.3 is 4.90 Å². The Kier molecular flexibility index (Phi) is 5.82. The van der Waals surface area contributed by atoms with E-state index < -0.39 is 10.8 Å². The molecule has 1 aliphatic rings. The van der Waals surface area contributed by atoms with Crippen molar-refractivity contribution in [3.8, 4) is 0 Å². The standard InChI is InChI=1S/C9H18INOS/c1-9-3-6-11(5-2-4-10)7-8-13(9)12/h9H,2-8H2,1H3. The van der Waals surface area contributed by atoms with Gasteiger partial charge in [0.2, 0.25) is 0 Å². The molecule has 0 aromatic heterocycles. The second-order valence-corrected chi connectivity index (χ2v) is 6.62. The second kappa shape index (κ2) is 6.35. The van der Waals surface area contributed by atoms with E-state index in [1.807, 2.05) is 0 Å². The van der Waals surface area contributed by atoms with Crippen LogP contribution in [0.25, 0.3) is 0 Å². The van der Waals surface area contributed by atoms with E-state index in [9.17, 15) is 4.21 Å². The largest absolute Gasteiger partial charge is 0.302 e. The Morgan fingerprint density at radius 2 is 2.31 bits per heavy atom. The monoisotopic (exact) mass is 315 g/mol. The van der Waals surface area contributed by atoms with E-state index in [1.54, 1.807) is 0 Å². The predicted molar refractivity (Wildman–Crippen MR) is 67.0 cm³/mol. The minimum atomic E-state index is -0.572. The maximum atomic E-state index is 11.5. The average Bonchev–Trinajstić information content (AvgIpc) is 2.29. The molecule has 13 heavy (non-hydrogen) atoms. The fourth-order valence-electron chi connectivity index (χ4n) is 1.53. The molecule has 2 atom stereocenters. The van der Waals surface area contributed by atoms with Crippen molar-refractivity contribution in [2.24, 2.45) is 0 Å². The summed E-state index contributed by atoms with van der Waals surface area (Å²) < 4.78 is 12.7. The molecule has 0 radical (unpaired) electrons. The Morgan fingerprint density at radius 1 is 1.54 bits per heavy atom. The molecular weight excluding hydrogens is 297 g/mol. The zero-order chi connectivity index (χ0) is 9.68. The van der Waals surface area contributed by atoms with Crippen molar-refractivity contribution in [2.45, 2.75) is 25.0 Å². The SMILES string of the molecule is CC1CCN(CCCI)CCS1=O. The molecule has 2 nitrogen and oxygen atoms in total. The summed E-state index contributed by atoms with van der Waals surface area (Å²) in [7, 11) is -0.572. The van der Waals surface area contributed by atoms with Crippen LogP contribution < -0.4 is 0 Å². The lowest BCUT2D eigenvalue weighted by Gasteiger charge is -2.18. The molecule has 1 rings (SSSR count). The number of halogens is 1. The van der Waals surface area contributed by atoms with Crippen LogP contribution in [0.2, 0.25) is 0 Å². The lowest BCUT2D eigenvalue weighted by molar-refractivity contribution is 0.294. The van der Waals surface area contributed by atoms with Crippen LogP contribution in [0.15, 0.2) is 0 Å². The Bertz CT molecular complexity index is 177. The van der Waals surface area contributed by atoms with Gasteiger partial charge in [-0.2, -0.15) is 0 Å². The van der Waals surface area contributed by atoms with Crippen LogP contribution in [-0.4, -0.2) is 44.2 Å². The van der Waals surface area contributed by atoms with E-state index in [2.05, 4.69) is 34.4 Å². The summed E-state index contributed by atoms with van der Waals surface area (Å²) in [6, 6.07) is 0. The van der Waals surface area contributed by atoms with Gasteiger partial charge in [0.1, 0.15) is 0 Å². The number of alkyl halides is 1. The quantitative estimate of drug-likeness (QED) is 0.583. The topological polar surface area (TPSA) is 20.3 Å². The summed E-state index contributed by atoms with van der Waals surface area (Å²) in [6.45, 7) is 5.47. The summed E-state index contributed by atoms with van der Waals surface area (Å²) in [5.41, 5.74) is 0. The molecule has 0 aliphatic carbocycles. The van der Waals surface area contributed by atoms with Crippen LogP contribution in [0.1, 0.15) is 19.8 Å². The zero-order valence-electron chi connectivity index (χ0n) is 8.17. The molecule has 1 saturated heterocycles. The summed E-state index contributed by atoms with van der Waals surface area (Å²) in [5.74, 6) is 0.877. The lowest BCUT2D eigenvalue weighted by atomic mass is 10.3. The third-order valence-electron chi connectivity index (χ3n) is 2.52. The fraction of sp³-hybridized carbons (Fsp3) is 1.00. The van der Waals surface area contributed by atoms with Gasteiger partial charge in [0.05, 0.1) is 0 Å². The predicted octanol–water partition coefficient (Wildman–Crippen LogP) is 1.65. The Balaban J connectivity index is 2.31. The van der Waals surface area contributed by atoms with Crippen LogP contribution in [0, 0.1) is 0 Å². The van der Waals surface area contributed by atoms with Crippen LogP contribution in [-0.2, 0) is 10.8 Å². The first kappa shape index (κ1) is 11.9.